The van der Waals surface area contributed by atoms with E-state index in [9.17, 15) is 9.18 Å². The molecule has 17 heavy (non-hydrogen) atoms. The fraction of sp³-hybridized carbons (Fsp3) is 0.0833. The second kappa shape index (κ2) is 4.69. The molecule has 0 fully saturated rings. The van der Waals surface area contributed by atoms with Gasteiger partial charge in [0.05, 0.1) is 17.4 Å². The molecule has 0 radical (unpaired) electrons. The van der Waals surface area contributed by atoms with Gasteiger partial charge in [0.15, 0.2) is 6.29 Å². The minimum absolute atomic E-state index is 0.0575. The van der Waals surface area contributed by atoms with Crippen LogP contribution in [-0.4, -0.2) is 16.3 Å². The smallest absolute Gasteiger partial charge is 0.225 e. The van der Waals surface area contributed by atoms with Crippen molar-refractivity contribution in [2.24, 2.45) is 0 Å². The summed E-state index contributed by atoms with van der Waals surface area (Å²) in [7, 11) is 0. The number of aryl methyl sites for hydroxylation is 1. The summed E-state index contributed by atoms with van der Waals surface area (Å²) in [6.45, 7) is 1.90. The number of hydrogen-bond acceptors (Lipinski definition) is 4. The highest BCUT2D eigenvalue weighted by Gasteiger charge is 2.04. The van der Waals surface area contributed by atoms with Gasteiger partial charge in [0.2, 0.25) is 5.95 Å². The fourth-order valence-corrected chi connectivity index (χ4v) is 1.37. The van der Waals surface area contributed by atoms with E-state index in [1.807, 2.05) is 13.0 Å². The van der Waals surface area contributed by atoms with E-state index in [1.54, 1.807) is 12.4 Å². The van der Waals surface area contributed by atoms with Gasteiger partial charge in [-0.25, -0.2) is 4.98 Å². The zero-order valence-corrected chi connectivity index (χ0v) is 9.14. The largest absolute Gasteiger partial charge is 0.339 e. The maximum Gasteiger partial charge on any atom is 0.225 e. The van der Waals surface area contributed by atoms with Gasteiger partial charge in [-0.05, 0) is 30.7 Å². The normalized spacial score (nSPS) is 10.0. The van der Waals surface area contributed by atoms with Crippen LogP contribution in [0.15, 0.2) is 30.6 Å². The van der Waals surface area contributed by atoms with Crippen LogP contribution in [0, 0.1) is 12.9 Å². The van der Waals surface area contributed by atoms with Gasteiger partial charge in [-0.1, -0.05) is 0 Å². The molecule has 2 heterocycles. The van der Waals surface area contributed by atoms with Crippen LogP contribution in [0.2, 0.25) is 0 Å². The first-order chi connectivity index (χ1) is 8.19. The SMILES string of the molecule is Cc1cncc(Nc2ccc(C=O)c(F)n2)c1. The molecule has 0 amide bonds. The molecule has 0 saturated carbocycles. The molecule has 2 aromatic rings. The lowest BCUT2D eigenvalue weighted by atomic mass is 10.3. The summed E-state index contributed by atoms with van der Waals surface area (Å²) in [5.74, 6) is -0.453. The van der Waals surface area contributed by atoms with Crippen LogP contribution in [0.25, 0.3) is 0 Å². The van der Waals surface area contributed by atoms with Gasteiger partial charge in [0.1, 0.15) is 5.82 Å². The Bertz CT molecular complexity index is 557. The average molecular weight is 231 g/mol. The molecule has 5 heteroatoms. The lowest BCUT2D eigenvalue weighted by Gasteiger charge is -2.06. The number of hydrogen-bond donors (Lipinski definition) is 1. The van der Waals surface area contributed by atoms with Crippen molar-refractivity contribution in [3.8, 4) is 0 Å². The second-order valence-corrected chi connectivity index (χ2v) is 3.57. The predicted molar refractivity (Wildman–Crippen MR) is 61.8 cm³/mol. The molecule has 1 N–H and O–H groups in total. The van der Waals surface area contributed by atoms with E-state index in [1.165, 1.54) is 12.1 Å². The molecule has 0 spiro atoms. The quantitative estimate of drug-likeness (QED) is 0.651. The van der Waals surface area contributed by atoms with Crippen LogP contribution < -0.4 is 5.32 Å². The Balaban J connectivity index is 2.24. The van der Waals surface area contributed by atoms with Crippen LogP contribution in [0.3, 0.4) is 0 Å². The van der Waals surface area contributed by atoms with Crippen LogP contribution in [0.4, 0.5) is 15.9 Å². The lowest BCUT2D eigenvalue weighted by Crippen LogP contribution is -1.99. The summed E-state index contributed by atoms with van der Waals surface area (Å²) in [6.07, 6.45) is 3.76. The summed E-state index contributed by atoms with van der Waals surface area (Å²) in [5.41, 5.74) is 1.65. The first kappa shape index (κ1) is 11.2. The van der Waals surface area contributed by atoms with Crippen molar-refractivity contribution in [3.63, 3.8) is 0 Å². The molecule has 0 aliphatic heterocycles. The lowest BCUT2D eigenvalue weighted by molar-refractivity contribution is 0.111. The fourth-order valence-electron chi connectivity index (χ4n) is 1.37. The first-order valence-electron chi connectivity index (χ1n) is 4.99. The zero-order chi connectivity index (χ0) is 12.3. The Hall–Kier alpha value is -2.30. The standard InChI is InChI=1S/C12H10FN3O/c1-8-4-10(6-14-5-8)15-11-3-2-9(7-17)12(13)16-11/h2-7H,1H3,(H,15,16). The molecular formula is C12H10FN3O. The summed E-state index contributed by atoms with van der Waals surface area (Å²) >= 11 is 0. The number of pyridine rings is 2. The minimum Gasteiger partial charge on any atom is -0.339 e. The monoisotopic (exact) mass is 231 g/mol. The maximum atomic E-state index is 13.2. The van der Waals surface area contributed by atoms with Crippen molar-refractivity contribution in [2.75, 3.05) is 5.32 Å². The summed E-state index contributed by atoms with van der Waals surface area (Å²) in [5, 5.41) is 2.91. The highest BCUT2D eigenvalue weighted by atomic mass is 19.1. The molecule has 0 bridgehead atoms. The molecule has 2 aromatic heterocycles. The number of halogens is 1. The Kier molecular flexibility index (Phi) is 3.09. The molecular weight excluding hydrogens is 221 g/mol. The van der Waals surface area contributed by atoms with Crippen molar-refractivity contribution in [1.82, 2.24) is 9.97 Å². The predicted octanol–water partition coefficient (Wildman–Crippen LogP) is 2.48. The first-order valence-corrected chi connectivity index (χ1v) is 4.99. The molecule has 0 atom stereocenters. The van der Waals surface area contributed by atoms with Crippen LogP contribution in [0.1, 0.15) is 15.9 Å². The van der Waals surface area contributed by atoms with E-state index < -0.39 is 5.95 Å². The molecule has 0 aliphatic rings. The van der Waals surface area contributed by atoms with Gasteiger partial charge in [-0.3, -0.25) is 9.78 Å². The third kappa shape index (κ3) is 2.63. The average Bonchev–Trinajstić information content (AvgIpc) is 2.29. The Labute approximate surface area is 97.5 Å². The van der Waals surface area contributed by atoms with Crippen LogP contribution >= 0.6 is 0 Å². The number of rotatable bonds is 3. The van der Waals surface area contributed by atoms with Crippen molar-refractivity contribution >= 4 is 17.8 Å². The molecule has 2 rings (SSSR count). The van der Waals surface area contributed by atoms with E-state index in [0.717, 1.165) is 11.3 Å². The Morgan fingerprint density at radius 3 is 2.82 bits per heavy atom. The third-order valence-electron chi connectivity index (χ3n) is 2.15. The molecule has 0 aromatic carbocycles. The minimum atomic E-state index is -0.786. The van der Waals surface area contributed by atoms with Crippen molar-refractivity contribution < 1.29 is 9.18 Å². The van der Waals surface area contributed by atoms with Gasteiger partial charge < -0.3 is 5.32 Å². The van der Waals surface area contributed by atoms with Crippen molar-refractivity contribution in [3.05, 3.63) is 47.7 Å². The number of aromatic nitrogens is 2. The zero-order valence-electron chi connectivity index (χ0n) is 9.14. The van der Waals surface area contributed by atoms with Gasteiger partial charge in [0.25, 0.3) is 0 Å². The highest BCUT2D eigenvalue weighted by molar-refractivity contribution is 5.75. The van der Waals surface area contributed by atoms with Gasteiger partial charge in [-0.2, -0.15) is 4.39 Å². The van der Waals surface area contributed by atoms with E-state index in [0.29, 0.717) is 12.1 Å². The van der Waals surface area contributed by atoms with E-state index >= 15 is 0 Å². The van der Waals surface area contributed by atoms with Gasteiger partial charge >= 0.3 is 0 Å². The molecule has 0 unspecified atom stereocenters. The number of aldehydes is 1. The number of nitrogens with zero attached hydrogens (tertiary/aromatic N) is 2. The Morgan fingerprint density at radius 1 is 1.35 bits per heavy atom. The van der Waals surface area contributed by atoms with Crippen molar-refractivity contribution in [2.45, 2.75) is 6.92 Å². The maximum absolute atomic E-state index is 13.2. The molecule has 86 valence electrons. The third-order valence-corrected chi connectivity index (χ3v) is 2.15. The number of nitrogens with one attached hydrogen (secondary N) is 1. The van der Waals surface area contributed by atoms with E-state index in [2.05, 4.69) is 15.3 Å². The van der Waals surface area contributed by atoms with Crippen LogP contribution in [0.5, 0.6) is 0 Å². The topological polar surface area (TPSA) is 54.9 Å². The molecule has 0 saturated heterocycles. The summed E-state index contributed by atoms with van der Waals surface area (Å²) in [6, 6.07) is 4.77. The van der Waals surface area contributed by atoms with Gasteiger partial charge in [-0.15, -0.1) is 0 Å². The number of carbonyl (C=O) groups is 1. The Morgan fingerprint density at radius 2 is 2.18 bits per heavy atom. The molecule has 4 nitrogen and oxygen atoms in total. The van der Waals surface area contributed by atoms with E-state index in [-0.39, 0.29) is 5.56 Å². The second-order valence-electron chi connectivity index (χ2n) is 3.57. The number of carbonyl (C=O) groups excluding carboxylic acids is 1. The van der Waals surface area contributed by atoms with Gasteiger partial charge in [0, 0.05) is 6.20 Å². The van der Waals surface area contributed by atoms with E-state index in [4.69, 9.17) is 0 Å². The molecule has 0 aliphatic carbocycles. The highest BCUT2D eigenvalue weighted by Crippen LogP contribution is 2.15. The summed E-state index contributed by atoms with van der Waals surface area (Å²) < 4.78 is 13.2. The number of anilines is 2. The van der Waals surface area contributed by atoms with Crippen molar-refractivity contribution in [1.29, 1.82) is 0 Å². The van der Waals surface area contributed by atoms with Crippen LogP contribution in [-0.2, 0) is 0 Å². The summed E-state index contributed by atoms with van der Waals surface area (Å²) in [4.78, 5) is 18.1.